The Bertz CT molecular complexity index is 881. The number of nitriles is 1. The Kier molecular flexibility index (Phi) is 7.16. The average molecular weight is 383 g/mol. The number of ether oxygens (including phenoxy) is 1. The van der Waals surface area contributed by atoms with Gasteiger partial charge in [-0.1, -0.05) is 53.6 Å². The fraction of sp³-hybridized carbons (Fsp3) is 0.190. The number of hydrogen-bond acceptors (Lipinski definition) is 4. The molecule has 138 valence electrons. The normalized spacial score (nSPS) is 12.0. The number of rotatable bonds is 6. The summed E-state index contributed by atoms with van der Waals surface area (Å²) < 4.78 is 4.95. The lowest BCUT2D eigenvalue weighted by Crippen LogP contribution is -2.31. The first-order chi connectivity index (χ1) is 12.9. The van der Waals surface area contributed by atoms with Crippen LogP contribution in [0.15, 0.2) is 54.1 Å². The average Bonchev–Trinajstić information content (AvgIpc) is 2.66. The molecule has 1 amide bonds. The second kappa shape index (κ2) is 9.56. The third-order valence-electron chi connectivity index (χ3n) is 3.81. The summed E-state index contributed by atoms with van der Waals surface area (Å²) in [4.78, 5) is 24.0. The monoisotopic (exact) mass is 382 g/mol. The minimum atomic E-state index is -0.840. The zero-order valence-electron chi connectivity index (χ0n) is 15.0. The second-order valence-corrected chi connectivity index (χ2v) is 6.43. The molecule has 0 spiro atoms. The molecular weight excluding hydrogens is 364 g/mol. The van der Waals surface area contributed by atoms with Crippen molar-refractivity contribution in [2.45, 2.75) is 19.9 Å². The molecule has 2 aromatic rings. The predicted molar refractivity (Wildman–Crippen MR) is 104 cm³/mol. The third kappa shape index (κ3) is 6.28. The Labute approximate surface area is 163 Å². The van der Waals surface area contributed by atoms with Gasteiger partial charge in [0.15, 0.2) is 6.61 Å². The van der Waals surface area contributed by atoms with Crippen LogP contribution in [-0.4, -0.2) is 18.5 Å². The quantitative estimate of drug-likeness (QED) is 0.465. The molecular formula is C21H19ClN2O3. The number of nitrogens with zero attached hydrogens (tertiary/aromatic N) is 1. The minimum absolute atomic E-state index is 0.169. The first-order valence-corrected chi connectivity index (χ1v) is 8.67. The summed E-state index contributed by atoms with van der Waals surface area (Å²) >= 11 is 5.84. The molecule has 0 aliphatic heterocycles. The summed E-state index contributed by atoms with van der Waals surface area (Å²) in [7, 11) is 0. The van der Waals surface area contributed by atoms with Crippen LogP contribution in [0, 0.1) is 18.3 Å². The van der Waals surface area contributed by atoms with Crippen molar-refractivity contribution < 1.29 is 14.3 Å². The summed E-state index contributed by atoms with van der Waals surface area (Å²) in [6, 6.07) is 15.9. The molecule has 0 unspecified atom stereocenters. The van der Waals surface area contributed by atoms with Crippen molar-refractivity contribution in [3.8, 4) is 6.07 Å². The molecule has 1 atom stereocenters. The Balaban J connectivity index is 1.91. The van der Waals surface area contributed by atoms with E-state index >= 15 is 0 Å². The molecule has 0 bridgehead atoms. The van der Waals surface area contributed by atoms with Gasteiger partial charge in [0.25, 0.3) is 5.91 Å². The summed E-state index contributed by atoms with van der Waals surface area (Å²) in [5.41, 5.74) is 2.48. The molecule has 2 aromatic carbocycles. The van der Waals surface area contributed by atoms with E-state index in [1.807, 2.05) is 19.1 Å². The Morgan fingerprint density at radius 3 is 2.41 bits per heavy atom. The molecule has 2 rings (SSSR count). The van der Waals surface area contributed by atoms with Crippen molar-refractivity contribution in [1.29, 1.82) is 5.26 Å². The molecule has 0 heterocycles. The van der Waals surface area contributed by atoms with Crippen LogP contribution in [0.5, 0.6) is 0 Å². The summed E-state index contributed by atoms with van der Waals surface area (Å²) in [5.74, 6) is -1.30. The van der Waals surface area contributed by atoms with Crippen LogP contribution in [0.1, 0.15) is 29.7 Å². The largest absolute Gasteiger partial charge is 0.451 e. The van der Waals surface area contributed by atoms with Crippen molar-refractivity contribution in [1.82, 2.24) is 5.32 Å². The number of hydrogen-bond donors (Lipinski definition) is 1. The fourth-order valence-corrected chi connectivity index (χ4v) is 2.42. The Morgan fingerprint density at radius 2 is 1.81 bits per heavy atom. The summed E-state index contributed by atoms with van der Waals surface area (Å²) in [6.45, 7) is 3.28. The van der Waals surface area contributed by atoms with Gasteiger partial charge in [-0.15, -0.1) is 0 Å². The smallest absolute Gasteiger partial charge is 0.349 e. The first kappa shape index (κ1) is 20.2. The molecule has 5 nitrogen and oxygen atoms in total. The minimum Gasteiger partial charge on any atom is -0.451 e. The highest BCUT2D eigenvalue weighted by Gasteiger charge is 2.15. The maximum atomic E-state index is 12.0. The van der Waals surface area contributed by atoms with E-state index in [0.29, 0.717) is 10.6 Å². The number of benzene rings is 2. The van der Waals surface area contributed by atoms with Crippen molar-refractivity contribution in [3.63, 3.8) is 0 Å². The lowest BCUT2D eigenvalue weighted by atomic mass is 10.1. The van der Waals surface area contributed by atoms with E-state index in [9.17, 15) is 9.59 Å². The van der Waals surface area contributed by atoms with Crippen LogP contribution < -0.4 is 5.32 Å². The standard InChI is InChI=1S/C21H19ClN2O3/c1-14-3-5-16(6-4-14)11-18(12-23)21(26)27-13-20(25)24-15(2)17-7-9-19(22)10-8-17/h3-11,15H,13H2,1-2H3,(H,24,25)/b18-11+/t15-/m0/s1. The van der Waals surface area contributed by atoms with E-state index in [1.165, 1.54) is 6.08 Å². The summed E-state index contributed by atoms with van der Waals surface area (Å²) in [5, 5.41) is 12.5. The maximum Gasteiger partial charge on any atom is 0.349 e. The van der Waals surface area contributed by atoms with Crippen LogP contribution in [0.2, 0.25) is 5.02 Å². The molecule has 0 aliphatic carbocycles. The van der Waals surface area contributed by atoms with Crippen molar-refractivity contribution >= 4 is 29.6 Å². The highest BCUT2D eigenvalue weighted by molar-refractivity contribution is 6.30. The van der Waals surface area contributed by atoms with Gasteiger partial charge in [0.2, 0.25) is 0 Å². The van der Waals surface area contributed by atoms with Gasteiger partial charge >= 0.3 is 5.97 Å². The first-order valence-electron chi connectivity index (χ1n) is 8.29. The van der Waals surface area contributed by atoms with Gasteiger partial charge in [-0.2, -0.15) is 5.26 Å². The molecule has 0 saturated carbocycles. The second-order valence-electron chi connectivity index (χ2n) is 6.00. The molecule has 0 aliphatic rings. The molecule has 0 fully saturated rings. The van der Waals surface area contributed by atoms with Gasteiger partial charge in [-0.05, 0) is 43.2 Å². The van der Waals surface area contributed by atoms with Gasteiger partial charge in [0.05, 0.1) is 6.04 Å². The Hall–Kier alpha value is -3.10. The van der Waals surface area contributed by atoms with Gasteiger partial charge in [-0.25, -0.2) is 4.79 Å². The molecule has 0 aromatic heterocycles. The van der Waals surface area contributed by atoms with Crippen molar-refractivity contribution in [2.75, 3.05) is 6.61 Å². The van der Waals surface area contributed by atoms with Crippen molar-refractivity contribution in [2.24, 2.45) is 0 Å². The lowest BCUT2D eigenvalue weighted by Gasteiger charge is -2.14. The van der Waals surface area contributed by atoms with E-state index < -0.39 is 18.5 Å². The lowest BCUT2D eigenvalue weighted by molar-refractivity contribution is -0.144. The highest BCUT2D eigenvalue weighted by atomic mass is 35.5. The van der Waals surface area contributed by atoms with Crippen LogP contribution in [0.25, 0.3) is 6.08 Å². The molecule has 6 heteroatoms. The predicted octanol–water partition coefficient (Wildman–Crippen LogP) is 3.98. The molecule has 27 heavy (non-hydrogen) atoms. The zero-order chi connectivity index (χ0) is 19.8. The SMILES string of the molecule is Cc1ccc(/C=C(\C#N)C(=O)OCC(=O)N[C@@H](C)c2ccc(Cl)cc2)cc1. The number of carbonyl (C=O) groups excluding carboxylic acids is 2. The van der Waals surface area contributed by atoms with E-state index in [4.69, 9.17) is 21.6 Å². The van der Waals surface area contributed by atoms with Crippen LogP contribution >= 0.6 is 11.6 Å². The van der Waals surface area contributed by atoms with E-state index in [1.54, 1.807) is 49.4 Å². The van der Waals surface area contributed by atoms with E-state index in [0.717, 1.165) is 11.1 Å². The van der Waals surface area contributed by atoms with Crippen molar-refractivity contribution in [3.05, 3.63) is 75.8 Å². The fourth-order valence-electron chi connectivity index (χ4n) is 2.29. The van der Waals surface area contributed by atoms with E-state index in [-0.39, 0.29) is 11.6 Å². The topological polar surface area (TPSA) is 79.2 Å². The zero-order valence-corrected chi connectivity index (χ0v) is 15.8. The summed E-state index contributed by atoms with van der Waals surface area (Å²) in [6.07, 6.45) is 1.43. The molecule has 1 N–H and O–H groups in total. The maximum absolute atomic E-state index is 12.0. The number of esters is 1. The van der Waals surface area contributed by atoms with Crippen LogP contribution in [-0.2, 0) is 14.3 Å². The van der Waals surface area contributed by atoms with Gasteiger partial charge < -0.3 is 10.1 Å². The highest BCUT2D eigenvalue weighted by Crippen LogP contribution is 2.16. The number of aryl methyl sites for hydroxylation is 1. The Morgan fingerprint density at radius 1 is 1.19 bits per heavy atom. The van der Waals surface area contributed by atoms with Gasteiger partial charge in [-0.3, -0.25) is 4.79 Å². The van der Waals surface area contributed by atoms with Gasteiger partial charge in [0.1, 0.15) is 11.6 Å². The molecule has 0 radical (unpaired) electrons. The van der Waals surface area contributed by atoms with E-state index in [2.05, 4.69) is 5.32 Å². The number of carbonyl (C=O) groups is 2. The number of amides is 1. The van der Waals surface area contributed by atoms with Gasteiger partial charge in [0, 0.05) is 5.02 Å². The number of nitrogens with one attached hydrogen (secondary N) is 1. The third-order valence-corrected chi connectivity index (χ3v) is 4.06. The number of halogens is 1. The van der Waals surface area contributed by atoms with Crippen LogP contribution in [0.4, 0.5) is 0 Å². The van der Waals surface area contributed by atoms with Crippen LogP contribution in [0.3, 0.4) is 0 Å². The molecule has 0 saturated heterocycles.